The van der Waals surface area contributed by atoms with Gasteiger partial charge in [0.25, 0.3) is 17.5 Å². The van der Waals surface area contributed by atoms with Crippen LogP contribution in [0.3, 0.4) is 0 Å². The Morgan fingerprint density at radius 3 is 2.17 bits per heavy atom. The fourth-order valence-electron chi connectivity index (χ4n) is 3.15. The summed E-state index contributed by atoms with van der Waals surface area (Å²) in [4.78, 5) is 36.6. The molecule has 36 heavy (non-hydrogen) atoms. The molecular weight excluding hydrogens is 490 g/mol. The quantitative estimate of drug-likeness (QED) is 0.242. The number of nitrogens with zero attached hydrogens (tertiary/aromatic N) is 1. The number of rotatable bonds is 9. The summed E-state index contributed by atoms with van der Waals surface area (Å²) in [6, 6.07) is 14.8. The van der Waals surface area contributed by atoms with Crippen LogP contribution in [0.1, 0.15) is 15.9 Å². The number of nitrogens with one attached hydrogen (secondary N) is 2. The van der Waals surface area contributed by atoms with Crippen LogP contribution in [0.15, 0.2) is 66.4 Å². The number of carbonyl (C=O) groups excluding carboxylic acids is 2. The molecule has 3 aromatic rings. The molecule has 0 aromatic heterocycles. The van der Waals surface area contributed by atoms with Crippen LogP contribution >= 0.6 is 11.6 Å². The van der Waals surface area contributed by atoms with Crippen molar-refractivity contribution in [2.75, 3.05) is 26.6 Å². The third-order valence-corrected chi connectivity index (χ3v) is 5.21. The maximum absolute atomic E-state index is 13.2. The van der Waals surface area contributed by atoms with Gasteiger partial charge in [-0.2, -0.15) is 0 Å². The number of nitro benzene ring substituents is 1. The molecule has 0 aliphatic carbocycles. The van der Waals surface area contributed by atoms with Crippen molar-refractivity contribution in [3.8, 4) is 17.2 Å². The number of anilines is 1. The summed E-state index contributed by atoms with van der Waals surface area (Å²) in [7, 11) is 4.29. The van der Waals surface area contributed by atoms with E-state index in [2.05, 4.69) is 10.6 Å². The SMILES string of the molecule is COc1cc([N+](=O)[O-])ccc1NC(=O)C(=Cc1ccc(OC)c(OC)c1)NC(=O)c1ccc(Cl)cc1. The van der Waals surface area contributed by atoms with Gasteiger partial charge in [0.1, 0.15) is 11.4 Å². The first-order chi connectivity index (χ1) is 17.2. The average molecular weight is 512 g/mol. The third kappa shape index (κ3) is 6.30. The van der Waals surface area contributed by atoms with Crippen molar-refractivity contribution < 1.29 is 28.7 Å². The van der Waals surface area contributed by atoms with Crippen LogP contribution in [0.5, 0.6) is 17.2 Å². The van der Waals surface area contributed by atoms with Gasteiger partial charge < -0.3 is 24.8 Å². The first-order valence-corrected chi connectivity index (χ1v) is 10.8. The van der Waals surface area contributed by atoms with E-state index >= 15 is 0 Å². The van der Waals surface area contributed by atoms with Crippen LogP contribution in [-0.2, 0) is 4.79 Å². The zero-order chi connectivity index (χ0) is 26.2. The maximum atomic E-state index is 13.2. The van der Waals surface area contributed by atoms with E-state index in [-0.39, 0.29) is 28.4 Å². The second-order valence-electron chi connectivity index (χ2n) is 7.23. The molecule has 0 heterocycles. The zero-order valence-corrected chi connectivity index (χ0v) is 20.3. The fraction of sp³-hybridized carbons (Fsp3) is 0.120. The molecule has 0 fully saturated rings. The molecule has 2 N–H and O–H groups in total. The minimum absolute atomic E-state index is 0.0760. The fourth-order valence-corrected chi connectivity index (χ4v) is 3.28. The first-order valence-electron chi connectivity index (χ1n) is 10.4. The number of methoxy groups -OCH3 is 3. The van der Waals surface area contributed by atoms with Gasteiger partial charge >= 0.3 is 0 Å². The molecule has 0 bridgehead atoms. The average Bonchev–Trinajstić information content (AvgIpc) is 2.88. The van der Waals surface area contributed by atoms with E-state index in [0.29, 0.717) is 22.1 Å². The van der Waals surface area contributed by atoms with Crippen molar-refractivity contribution in [1.82, 2.24) is 5.32 Å². The predicted octanol–water partition coefficient (Wildman–Crippen LogP) is 4.68. The highest BCUT2D eigenvalue weighted by atomic mass is 35.5. The number of ether oxygens (including phenoxy) is 3. The van der Waals surface area contributed by atoms with E-state index in [9.17, 15) is 19.7 Å². The summed E-state index contributed by atoms with van der Waals surface area (Å²) >= 11 is 5.90. The Bertz CT molecular complexity index is 1320. The normalized spacial score (nSPS) is 10.8. The minimum atomic E-state index is -0.695. The summed E-state index contributed by atoms with van der Waals surface area (Å²) in [5.74, 6) is -0.260. The van der Waals surface area contributed by atoms with E-state index < -0.39 is 16.7 Å². The van der Waals surface area contributed by atoms with Crippen molar-refractivity contribution in [2.45, 2.75) is 0 Å². The highest BCUT2D eigenvalue weighted by molar-refractivity contribution is 6.30. The number of nitro groups is 1. The van der Waals surface area contributed by atoms with Gasteiger partial charge in [0, 0.05) is 16.7 Å². The van der Waals surface area contributed by atoms with E-state index in [1.54, 1.807) is 30.3 Å². The second kappa shape index (κ2) is 11.7. The lowest BCUT2D eigenvalue weighted by Crippen LogP contribution is -2.30. The van der Waals surface area contributed by atoms with Crippen molar-refractivity contribution in [1.29, 1.82) is 0 Å². The molecule has 10 nitrogen and oxygen atoms in total. The minimum Gasteiger partial charge on any atom is -0.494 e. The van der Waals surface area contributed by atoms with Gasteiger partial charge in [-0.15, -0.1) is 0 Å². The van der Waals surface area contributed by atoms with Crippen LogP contribution in [0, 0.1) is 10.1 Å². The topological polar surface area (TPSA) is 129 Å². The third-order valence-electron chi connectivity index (χ3n) is 4.96. The zero-order valence-electron chi connectivity index (χ0n) is 19.5. The summed E-state index contributed by atoms with van der Waals surface area (Å²) in [6.07, 6.45) is 1.45. The first kappa shape index (κ1) is 26.0. The Morgan fingerprint density at radius 1 is 0.889 bits per heavy atom. The monoisotopic (exact) mass is 511 g/mol. The van der Waals surface area contributed by atoms with Gasteiger partial charge in [-0.3, -0.25) is 19.7 Å². The van der Waals surface area contributed by atoms with Crippen molar-refractivity contribution in [2.24, 2.45) is 0 Å². The summed E-state index contributed by atoms with van der Waals surface area (Å²) < 4.78 is 15.7. The van der Waals surface area contributed by atoms with Gasteiger partial charge in [-0.25, -0.2) is 0 Å². The van der Waals surface area contributed by atoms with Crippen LogP contribution in [0.4, 0.5) is 11.4 Å². The Hall–Kier alpha value is -4.57. The van der Waals surface area contributed by atoms with E-state index in [1.807, 2.05) is 0 Å². The molecule has 0 atom stereocenters. The number of carbonyl (C=O) groups is 2. The number of benzene rings is 3. The smallest absolute Gasteiger partial charge is 0.273 e. The number of halogens is 1. The lowest BCUT2D eigenvalue weighted by molar-refractivity contribution is -0.384. The van der Waals surface area contributed by atoms with E-state index in [4.69, 9.17) is 25.8 Å². The Balaban J connectivity index is 1.98. The summed E-state index contributed by atoms with van der Waals surface area (Å²) in [5.41, 5.74) is 0.666. The summed E-state index contributed by atoms with van der Waals surface area (Å²) in [5, 5.41) is 16.7. The van der Waals surface area contributed by atoms with E-state index in [0.717, 1.165) is 0 Å². The molecule has 186 valence electrons. The standard InChI is InChI=1S/C25H22ClN3O7/c1-34-21-11-4-15(13-23(21)36-3)12-20(28-24(30)16-5-7-17(26)8-6-16)25(31)27-19-10-9-18(29(32)33)14-22(19)35-2/h4-14H,1-3H3,(H,27,31)(H,28,30). The van der Waals surface area contributed by atoms with Crippen molar-refractivity contribution in [3.05, 3.63) is 92.6 Å². The van der Waals surface area contributed by atoms with Crippen LogP contribution in [0.2, 0.25) is 5.02 Å². The van der Waals surface area contributed by atoms with Crippen LogP contribution < -0.4 is 24.8 Å². The van der Waals surface area contributed by atoms with Crippen molar-refractivity contribution >= 4 is 40.9 Å². The number of amides is 2. The Morgan fingerprint density at radius 2 is 1.56 bits per heavy atom. The van der Waals surface area contributed by atoms with E-state index in [1.165, 1.54) is 57.7 Å². The maximum Gasteiger partial charge on any atom is 0.273 e. The highest BCUT2D eigenvalue weighted by Crippen LogP contribution is 2.30. The second-order valence-corrected chi connectivity index (χ2v) is 7.67. The Labute approximate surface area is 211 Å². The number of non-ortho nitro benzene ring substituents is 1. The van der Waals surface area contributed by atoms with Gasteiger partial charge in [-0.1, -0.05) is 17.7 Å². The molecule has 0 unspecified atom stereocenters. The lowest BCUT2D eigenvalue weighted by atomic mass is 10.1. The molecule has 0 spiro atoms. The summed E-state index contributed by atoms with van der Waals surface area (Å²) in [6.45, 7) is 0. The van der Waals surface area contributed by atoms with Crippen molar-refractivity contribution in [3.63, 3.8) is 0 Å². The predicted molar refractivity (Wildman–Crippen MR) is 135 cm³/mol. The molecule has 0 aliphatic heterocycles. The molecule has 0 radical (unpaired) electrons. The molecule has 11 heteroatoms. The molecule has 0 saturated heterocycles. The molecule has 0 aliphatic rings. The molecule has 3 aromatic carbocycles. The van der Waals surface area contributed by atoms with Gasteiger partial charge in [0.05, 0.1) is 38.0 Å². The van der Waals surface area contributed by atoms with Gasteiger partial charge in [-0.05, 0) is 54.1 Å². The van der Waals surface area contributed by atoms with Gasteiger partial charge in [0.15, 0.2) is 11.5 Å². The molecular formula is C25H22ClN3O7. The largest absolute Gasteiger partial charge is 0.494 e. The molecule has 3 rings (SSSR count). The molecule has 2 amide bonds. The number of hydrogen-bond acceptors (Lipinski definition) is 7. The van der Waals surface area contributed by atoms with Gasteiger partial charge in [0.2, 0.25) is 0 Å². The lowest BCUT2D eigenvalue weighted by Gasteiger charge is -2.14. The van der Waals surface area contributed by atoms with Crippen LogP contribution in [0.25, 0.3) is 6.08 Å². The molecule has 0 saturated carbocycles. The number of hydrogen-bond donors (Lipinski definition) is 2. The van der Waals surface area contributed by atoms with Crippen LogP contribution in [-0.4, -0.2) is 38.1 Å². The Kier molecular flexibility index (Phi) is 8.48. The highest BCUT2D eigenvalue weighted by Gasteiger charge is 2.19.